The van der Waals surface area contributed by atoms with Crippen molar-refractivity contribution in [2.75, 3.05) is 51.3 Å². The van der Waals surface area contributed by atoms with Crippen molar-refractivity contribution in [3.8, 4) is 22.6 Å². The third-order valence-corrected chi connectivity index (χ3v) is 6.81. The van der Waals surface area contributed by atoms with Crippen LogP contribution in [0.15, 0.2) is 48.5 Å². The Morgan fingerprint density at radius 3 is 2.19 bits per heavy atom. The summed E-state index contributed by atoms with van der Waals surface area (Å²) in [6.45, 7) is 4.29. The normalized spacial score (nSPS) is 11.9. The van der Waals surface area contributed by atoms with Gasteiger partial charge in [-0.05, 0) is 42.7 Å². The van der Waals surface area contributed by atoms with Crippen LogP contribution >= 0.6 is 0 Å². The Labute approximate surface area is 213 Å². The first kappa shape index (κ1) is 25.2. The molecule has 0 aliphatic rings. The minimum Gasteiger partial charge on any atom is -0.493 e. The quantitative estimate of drug-likeness (QED) is 0.258. The van der Waals surface area contributed by atoms with Crippen LogP contribution in [0.25, 0.3) is 22.0 Å². The van der Waals surface area contributed by atoms with E-state index in [1.54, 1.807) is 14.2 Å². The lowest BCUT2D eigenvalue weighted by atomic mass is 9.90. The van der Waals surface area contributed by atoms with Crippen LogP contribution in [0.1, 0.15) is 23.6 Å². The maximum Gasteiger partial charge on any atom is 0.160 e. The van der Waals surface area contributed by atoms with Crippen molar-refractivity contribution in [2.24, 2.45) is 7.05 Å². The predicted octanol–water partition coefficient (Wildman–Crippen LogP) is 5.93. The largest absolute Gasteiger partial charge is 0.493 e. The van der Waals surface area contributed by atoms with Crippen molar-refractivity contribution in [1.82, 2.24) is 9.78 Å². The van der Waals surface area contributed by atoms with Gasteiger partial charge in [0.2, 0.25) is 0 Å². The van der Waals surface area contributed by atoms with Gasteiger partial charge in [-0.15, -0.1) is 0 Å². The van der Waals surface area contributed by atoms with E-state index in [0.717, 1.165) is 63.4 Å². The van der Waals surface area contributed by atoms with Crippen molar-refractivity contribution in [1.29, 1.82) is 0 Å². The highest BCUT2D eigenvalue weighted by Crippen LogP contribution is 2.42. The fraction of sp³-hybridized carbons (Fsp3) is 0.310. The smallest absolute Gasteiger partial charge is 0.160 e. The monoisotopic (exact) mass is 486 g/mol. The number of benzene rings is 3. The van der Waals surface area contributed by atoms with Gasteiger partial charge in [-0.3, -0.25) is 4.68 Å². The zero-order valence-electron chi connectivity index (χ0n) is 22.0. The zero-order chi connectivity index (χ0) is 25.8. The van der Waals surface area contributed by atoms with Gasteiger partial charge in [0, 0.05) is 73.4 Å². The Balaban J connectivity index is 1.83. The first-order valence-electron chi connectivity index (χ1n) is 12.2. The van der Waals surface area contributed by atoms with E-state index in [0.29, 0.717) is 0 Å². The van der Waals surface area contributed by atoms with Crippen LogP contribution in [0.2, 0.25) is 0 Å². The Bertz CT molecular complexity index is 1340. The summed E-state index contributed by atoms with van der Waals surface area (Å²) in [6, 6.07) is 16.8. The highest BCUT2D eigenvalue weighted by molar-refractivity contribution is 6.03. The van der Waals surface area contributed by atoms with Crippen molar-refractivity contribution < 1.29 is 9.47 Å². The molecule has 0 saturated carbocycles. The molecule has 0 aliphatic carbocycles. The molecule has 0 fully saturated rings. The number of anilines is 3. The summed E-state index contributed by atoms with van der Waals surface area (Å²) < 4.78 is 13.0. The molecular formula is C29H36N5O2. The molecule has 189 valence electrons. The molecule has 0 saturated heterocycles. The van der Waals surface area contributed by atoms with E-state index in [9.17, 15) is 0 Å². The van der Waals surface area contributed by atoms with Crippen molar-refractivity contribution in [3.63, 3.8) is 0 Å². The molecule has 1 atom stereocenters. The predicted molar refractivity (Wildman–Crippen MR) is 151 cm³/mol. The maximum absolute atomic E-state index is 5.53. The summed E-state index contributed by atoms with van der Waals surface area (Å²) in [4.78, 5) is 0. The third-order valence-electron chi connectivity index (χ3n) is 6.81. The minimum atomic E-state index is 0.188. The molecule has 1 radical (unpaired) electrons. The number of nitrogens with one attached hydrogen (secondary N) is 3. The van der Waals surface area contributed by atoms with Crippen LogP contribution in [-0.4, -0.2) is 45.1 Å². The maximum atomic E-state index is 5.53. The van der Waals surface area contributed by atoms with Gasteiger partial charge in [0.05, 0.1) is 14.2 Å². The molecule has 0 bridgehead atoms. The zero-order valence-corrected chi connectivity index (χ0v) is 22.0. The number of ether oxygens (including phenoxy) is 2. The molecule has 0 aliphatic heterocycles. The van der Waals surface area contributed by atoms with E-state index < -0.39 is 0 Å². The summed E-state index contributed by atoms with van der Waals surface area (Å²) in [5.41, 5.74) is 8.61. The molecule has 4 rings (SSSR count). The van der Waals surface area contributed by atoms with E-state index in [2.05, 4.69) is 59.3 Å². The molecule has 0 spiro atoms. The van der Waals surface area contributed by atoms with Crippen molar-refractivity contribution in [2.45, 2.75) is 18.8 Å². The summed E-state index contributed by atoms with van der Waals surface area (Å²) >= 11 is 0. The molecule has 7 heteroatoms. The van der Waals surface area contributed by atoms with Gasteiger partial charge in [0.1, 0.15) is 5.52 Å². The van der Waals surface area contributed by atoms with E-state index in [4.69, 9.17) is 14.6 Å². The standard InChI is InChI=1S/C29H36N5O2/c1-8-19(14-18-12-13-25(35-6)26(15-18)36-7)29-22-11-9-10-21(28(22)33-34(29)5)27-23(31-3)16-20(30-2)17-24(27)32-4/h9-13,15-17,19,30-32H,1,8,14H2,2-7H3. The van der Waals surface area contributed by atoms with Crippen LogP contribution in [0, 0.1) is 6.92 Å². The molecule has 0 amide bonds. The van der Waals surface area contributed by atoms with Gasteiger partial charge < -0.3 is 25.4 Å². The van der Waals surface area contributed by atoms with E-state index >= 15 is 0 Å². The molecule has 1 unspecified atom stereocenters. The first-order chi connectivity index (χ1) is 17.5. The second-order valence-corrected chi connectivity index (χ2v) is 8.79. The second-order valence-electron chi connectivity index (χ2n) is 8.79. The summed E-state index contributed by atoms with van der Waals surface area (Å²) in [6.07, 6.45) is 1.57. The van der Waals surface area contributed by atoms with Gasteiger partial charge >= 0.3 is 0 Å². The number of methoxy groups -OCH3 is 2. The highest BCUT2D eigenvalue weighted by Gasteiger charge is 2.23. The number of aryl methyl sites for hydroxylation is 1. The molecule has 4 aromatic rings. The van der Waals surface area contributed by atoms with Crippen LogP contribution in [0.5, 0.6) is 11.5 Å². The molecule has 1 aromatic heterocycles. The minimum absolute atomic E-state index is 0.188. The van der Waals surface area contributed by atoms with E-state index in [1.165, 1.54) is 11.3 Å². The second kappa shape index (κ2) is 10.8. The Morgan fingerprint density at radius 2 is 1.61 bits per heavy atom. The first-order valence-corrected chi connectivity index (χ1v) is 12.2. The molecule has 1 heterocycles. The topological polar surface area (TPSA) is 72.4 Å². The van der Waals surface area contributed by atoms with E-state index in [1.807, 2.05) is 45.0 Å². The van der Waals surface area contributed by atoms with Crippen LogP contribution in [0.3, 0.4) is 0 Å². The Morgan fingerprint density at radius 1 is 0.917 bits per heavy atom. The summed E-state index contributed by atoms with van der Waals surface area (Å²) in [7, 11) is 11.2. The van der Waals surface area contributed by atoms with Gasteiger partial charge in [-0.1, -0.05) is 31.2 Å². The van der Waals surface area contributed by atoms with Gasteiger partial charge in [0.15, 0.2) is 11.5 Å². The third kappa shape index (κ3) is 4.53. The lowest BCUT2D eigenvalue weighted by Crippen LogP contribution is -2.08. The number of rotatable bonds is 10. The average Bonchev–Trinajstić information content (AvgIpc) is 3.26. The van der Waals surface area contributed by atoms with Gasteiger partial charge in [0.25, 0.3) is 0 Å². The number of nitrogens with zero attached hydrogens (tertiary/aromatic N) is 2. The SMILES string of the molecule is [CH2]CC(Cc1ccc(OC)c(OC)c1)c1c2cccc(-c3c(NC)cc(NC)cc3NC)c2nn1C. The summed E-state index contributed by atoms with van der Waals surface area (Å²) in [5.74, 6) is 1.65. The number of fused-ring (bicyclic) bond motifs is 1. The molecule has 7 nitrogen and oxygen atoms in total. The highest BCUT2D eigenvalue weighted by atomic mass is 16.5. The Kier molecular flexibility index (Phi) is 7.58. The molecular weight excluding hydrogens is 450 g/mol. The lowest BCUT2D eigenvalue weighted by molar-refractivity contribution is 0.354. The van der Waals surface area contributed by atoms with Gasteiger partial charge in [-0.25, -0.2) is 0 Å². The number of hydrogen-bond donors (Lipinski definition) is 3. The lowest BCUT2D eigenvalue weighted by Gasteiger charge is -2.18. The fourth-order valence-corrected chi connectivity index (χ4v) is 5.02. The number of hydrogen-bond acceptors (Lipinski definition) is 6. The van der Waals surface area contributed by atoms with Crippen LogP contribution in [-0.2, 0) is 13.5 Å². The van der Waals surface area contributed by atoms with Crippen molar-refractivity contribution >= 4 is 28.0 Å². The van der Waals surface area contributed by atoms with Gasteiger partial charge in [-0.2, -0.15) is 5.10 Å². The van der Waals surface area contributed by atoms with E-state index in [-0.39, 0.29) is 5.92 Å². The molecule has 3 N–H and O–H groups in total. The molecule has 36 heavy (non-hydrogen) atoms. The van der Waals surface area contributed by atoms with Crippen molar-refractivity contribution in [3.05, 3.63) is 66.7 Å². The van der Waals surface area contributed by atoms with Crippen LogP contribution in [0.4, 0.5) is 17.1 Å². The molecule has 3 aromatic carbocycles. The van der Waals surface area contributed by atoms with Crippen LogP contribution < -0.4 is 25.4 Å². The Hall–Kier alpha value is -3.87. The fourth-order valence-electron chi connectivity index (χ4n) is 5.02. The number of aromatic nitrogens is 2. The average molecular weight is 487 g/mol. The summed E-state index contributed by atoms with van der Waals surface area (Å²) in [5, 5.41) is 16.2.